The molecule has 1 rings (SSSR count). The minimum Gasteiger partial charge on any atom is -0.337 e. The molecule has 86 valence electrons. The maximum Gasteiger partial charge on any atom is 0.126 e. The molecule has 0 fully saturated rings. The van der Waals surface area contributed by atoms with Crippen LogP contribution in [-0.2, 0) is 7.05 Å². The molecule has 0 aromatic carbocycles. The molecular formula is C12H23N3. The fourth-order valence-electron chi connectivity index (χ4n) is 1.78. The van der Waals surface area contributed by atoms with E-state index in [2.05, 4.69) is 49.6 Å². The van der Waals surface area contributed by atoms with Crippen LogP contribution in [-0.4, -0.2) is 16.1 Å². The molecule has 0 spiro atoms. The Hall–Kier alpha value is -0.830. The number of hydrogen-bond donors (Lipinski definition) is 1. The summed E-state index contributed by atoms with van der Waals surface area (Å²) in [4.78, 5) is 4.45. The highest BCUT2D eigenvalue weighted by Crippen LogP contribution is 2.35. The Balaban J connectivity index is 2.98. The molecule has 0 bridgehead atoms. The third-order valence-corrected chi connectivity index (χ3v) is 3.22. The van der Waals surface area contributed by atoms with Crippen molar-refractivity contribution in [3.63, 3.8) is 0 Å². The highest BCUT2D eigenvalue weighted by Gasteiger charge is 2.30. The summed E-state index contributed by atoms with van der Waals surface area (Å²) in [5.74, 6) is 1.13. The molecule has 3 heteroatoms. The van der Waals surface area contributed by atoms with Gasteiger partial charge in [0.15, 0.2) is 0 Å². The van der Waals surface area contributed by atoms with E-state index in [1.54, 1.807) is 0 Å². The highest BCUT2D eigenvalue weighted by atomic mass is 15.1. The minimum absolute atomic E-state index is 0.231. The fraction of sp³-hybridized carbons (Fsp3) is 0.750. The summed E-state index contributed by atoms with van der Waals surface area (Å²) in [6, 6.07) is 0.326. The van der Waals surface area contributed by atoms with Crippen LogP contribution in [0.1, 0.15) is 46.0 Å². The average Bonchev–Trinajstić information content (AvgIpc) is 2.60. The minimum atomic E-state index is 0.231. The molecule has 1 aromatic heterocycles. The summed E-state index contributed by atoms with van der Waals surface area (Å²) in [6.07, 6.45) is 5.01. The van der Waals surface area contributed by atoms with Crippen LogP contribution in [0.2, 0.25) is 0 Å². The second kappa shape index (κ2) is 4.79. The molecule has 3 nitrogen and oxygen atoms in total. The quantitative estimate of drug-likeness (QED) is 0.807. The Morgan fingerprint density at radius 1 is 1.47 bits per heavy atom. The van der Waals surface area contributed by atoms with Gasteiger partial charge < -0.3 is 9.88 Å². The molecule has 0 radical (unpaired) electrons. The lowest BCUT2D eigenvalue weighted by molar-refractivity contribution is 0.225. The zero-order valence-corrected chi connectivity index (χ0v) is 10.5. The molecule has 0 amide bonds. The van der Waals surface area contributed by atoms with Crippen molar-refractivity contribution in [1.82, 2.24) is 14.9 Å². The van der Waals surface area contributed by atoms with E-state index in [9.17, 15) is 0 Å². The molecule has 1 N–H and O–H groups in total. The molecule has 0 saturated heterocycles. The van der Waals surface area contributed by atoms with Gasteiger partial charge >= 0.3 is 0 Å². The summed E-state index contributed by atoms with van der Waals surface area (Å²) in [7, 11) is 2.05. The second-order valence-corrected chi connectivity index (χ2v) is 4.73. The second-order valence-electron chi connectivity index (χ2n) is 4.73. The fourth-order valence-corrected chi connectivity index (χ4v) is 1.78. The van der Waals surface area contributed by atoms with Crippen molar-refractivity contribution in [3.05, 3.63) is 18.2 Å². The maximum atomic E-state index is 4.45. The number of nitrogens with one attached hydrogen (secondary N) is 1. The molecule has 15 heavy (non-hydrogen) atoms. The molecule has 1 unspecified atom stereocenters. The average molecular weight is 209 g/mol. The van der Waals surface area contributed by atoms with Gasteiger partial charge in [-0.2, -0.15) is 0 Å². The first-order chi connectivity index (χ1) is 7.03. The lowest BCUT2D eigenvalue weighted by atomic mass is 9.81. The molecule has 1 aromatic rings. The first kappa shape index (κ1) is 12.2. The van der Waals surface area contributed by atoms with E-state index in [0.717, 1.165) is 18.8 Å². The van der Waals surface area contributed by atoms with Crippen LogP contribution in [0.25, 0.3) is 0 Å². The smallest absolute Gasteiger partial charge is 0.126 e. The monoisotopic (exact) mass is 209 g/mol. The van der Waals surface area contributed by atoms with Crippen molar-refractivity contribution in [2.45, 2.75) is 40.2 Å². The topological polar surface area (TPSA) is 29.9 Å². The number of aryl methyl sites for hydroxylation is 1. The van der Waals surface area contributed by atoms with Gasteiger partial charge in [0.1, 0.15) is 5.82 Å². The van der Waals surface area contributed by atoms with Crippen molar-refractivity contribution in [3.8, 4) is 0 Å². The predicted molar refractivity (Wildman–Crippen MR) is 63.7 cm³/mol. The number of hydrogen-bond acceptors (Lipinski definition) is 2. The van der Waals surface area contributed by atoms with E-state index in [1.807, 2.05) is 12.4 Å². The lowest BCUT2D eigenvalue weighted by Crippen LogP contribution is -2.35. The number of rotatable bonds is 5. The van der Waals surface area contributed by atoms with Gasteiger partial charge in [0.2, 0.25) is 0 Å². The van der Waals surface area contributed by atoms with E-state index in [1.165, 1.54) is 0 Å². The Labute approximate surface area is 92.9 Å². The highest BCUT2D eigenvalue weighted by molar-refractivity contribution is 5.03. The van der Waals surface area contributed by atoms with Crippen molar-refractivity contribution in [1.29, 1.82) is 0 Å². The van der Waals surface area contributed by atoms with E-state index in [4.69, 9.17) is 0 Å². The molecule has 1 atom stereocenters. The first-order valence-electron chi connectivity index (χ1n) is 5.73. The van der Waals surface area contributed by atoms with Crippen molar-refractivity contribution >= 4 is 0 Å². The van der Waals surface area contributed by atoms with Crippen molar-refractivity contribution in [2.24, 2.45) is 12.5 Å². The first-order valence-corrected chi connectivity index (χ1v) is 5.73. The van der Waals surface area contributed by atoms with Gasteiger partial charge in [-0.05, 0) is 18.4 Å². The Morgan fingerprint density at radius 3 is 2.53 bits per heavy atom. The molecule has 1 heterocycles. The number of nitrogens with zero attached hydrogens (tertiary/aromatic N) is 2. The largest absolute Gasteiger partial charge is 0.337 e. The normalized spacial score (nSPS) is 14.2. The van der Waals surface area contributed by atoms with Gasteiger partial charge in [0.05, 0.1) is 6.04 Å². The summed E-state index contributed by atoms with van der Waals surface area (Å²) in [6.45, 7) is 9.92. The third-order valence-electron chi connectivity index (χ3n) is 3.22. The zero-order valence-electron chi connectivity index (χ0n) is 10.5. The van der Waals surface area contributed by atoms with Crippen LogP contribution >= 0.6 is 0 Å². The van der Waals surface area contributed by atoms with Crippen molar-refractivity contribution in [2.75, 3.05) is 6.54 Å². The van der Waals surface area contributed by atoms with Crippen LogP contribution in [0.3, 0.4) is 0 Å². The van der Waals surface area contributed by atoms with Crippen LogP contribution < -0.4 is 5.32 Å². The number of imidazole rings is 1. The number of aromatic nitrogens is 2. The molecular weight excluding hydrogens is 186 g/mol. The summed E-state index contributed by atoms with van der Waals surface area (Å²) in [5.41, 5.74) is 0.231. The van der Waals surface area contributed by atoms with Gasteiger partial charge in [0.25, 0.3) is 0 Å². The molecule has 0 aliphatic heterocycles. The van der Waals surface area contributed by atoms with Gasteiger partial charge in [-0.15, -0.1) is 0 Å². The summed E-state index contributed by atoms with van der Waals surface area (Å²) >= 11 is 0. The zero-order chi connectivity index (χ0) is 11.5. The van der Waals surface area contributed by atoms with Crippen LogP contribution in [0, 0.1) is 5.41 Å². The van der Waals surface area contributed by atoms with E-state index in [0.29, 0.717) is 6.04 Å². The Bertz CT molecular complexity index is 302. The Kier molecular flexibility index (Phi) is 3.91. The van der Waals surface area contributed by atoms with Gasteiger partial charge in [-0.1, -0.05) is 27.7 Å². The summed E-state index contributed by atoms with van der Waals surface area (Å²) in [5, 5.41) is 3.53. The van der Waals surface area contributed by atoms with Crippen LogP contribution in [0.5, 0.6) is 0 Å². The standard InChI is InChI=1S/C12H23N3/c1-6-12(3,4)10(13-7-2)11-14-8-9-15(11)5/h8-10,13H,6-7H2,1-5H3. The SMILES string of the molecule is CCNC(c1nccn1C)C(C)(C)CC. The van der Waals surface area contributed by atoms with E-state index in [-0.39, 0.29) is 5.41 Å². The summed E-state index contributed by atoms with van der Waals surface area (Å²) < 4.78 is 2.10. The van der Waals surface area contributed by atoms with Gasteiger partial charge in [-0.25, -0.2) is 4.98 Å². The van der Waals surface area contributed by atoms with Crippen molar-refractivity contribution < 1.29 is 0 Å². The maximum absolute atomic E-state index is 4.45. The van der Waals surface area contributed by atoms with E-state index < -0.39 is 0 Å². The molecule has 0 aliphatic rings. The van der Waals surface area contributed by atoms with Crippen LogP contribution in [0.15, 0.2) is 12.4 Å². The Morgan fingerprint density at radius 2 is 2.13 bits per heavy atom. The molecule has 0 aliphatic carbocycles. The van der Waals surface area contributed by atoms with Gasteiger partial charge in [0, 0.05) is 19.4 Å². The van der Waals surface area contributed by atoms with Crippen LogP contribution in [0.4, 0.5) is 0 Å². The third kappa shape index (κ3) is 2.59. The van der Waals surface area contributed by atoms with E-state index >= 15 is 0 Å². The van der Waals surface area contributed by atoms with Gasteiger partial charge in [-0.3, -0.25) is 0 Å². The predicted octanol–water partition coefficient (Wildman–Crippen LogP) is 2.51. The lowest BCUT2D eigenvalue weighted by Gasteiger charge is -2.33. The molecule has 0 saturated carbocycles.